The fraction of sp³-hybridized carbons (Fsp3) is 0.274. The maximum absolute atomic E-state index is 7.14. The summed E-state index contributed by atoms with van der Waals surface area (Å²) in [6, 6.07) is 62.9. The standard InChI is InChI=1S/C73H76N4O/c1-45(2)53-38-63(46(3)4)71(64(39-53)47(5)6)51-23-20-24-57(35-51)75-44-76(66-30-27-55(41-68(66)75)72(9,10)11)58-36-54(50-21-16-15-17-22-50)37-60(42-58)78-59-28-29-62-61-25-18-19-26-65(61)77(67(62)43-59)69-40-52(31-32-74-69)70-48(7)33-56(34-49(70)8)73(12,13)14/h15-43,45-47H,44H2,1-14H3. The average Bonchev–Trinajstić information content (AvgIpc) is 4.18. The lowest BCUT2D eigenvalue weighted by Gasteiger charge is -2.26. The van der Waals surface area contributed by atoms with Gasteiger partial charge >= 0.3 is 0 Å². The van der Waals surface area contributed by atoms with E-state index in [0.717, 1.165) is 61.8 Å². The highest BCUT2D eigenvalue weighted by Gasteiger charge is 2.32. The molecule has 0 saturated heterocycles. The number of hydrogen-bond acceptors (Lipinski definition) is 4. The van der Waals surface area contributed by atoms with Gasteiger partial charge in [0.2, 0.25) is 0 Å². The number of fused-ring (bicyclic) bond motifs is 4. The fourth-order valence-electron chi connectivity index (χ4n) is 11.8. The Bertz CT molecular complexity index is 3850. The van der Waals surface area contributed by atoms with E-state index >= 15 is 0 Å². The first-order valence-corrected chi connectivity index (χ1v) is 28.2. The lowest BCUT2D eigenvalue weighted by atomic mass is 9.81. The average molecular weight is 1030 g/mol. The van der Waals surface area contributed by atoms with Crippen LogP contribution in [-0.4, -0.2) is 16.2 Å². The topological polar surface area (TPSA) is 33.5 Å². The van der Waals surface area contributed by atoms with Crippen molar-refractivity contribution >= 4 is 44.6 Å². The number of aromatic nitrogens is 2. The summed E-state index contributed by atoms with van der Waals surface area (Å²) in [7, 11) is 0. The number of rotatable bonds is 11. The molecule has 5 heteroatoms. The molecule has 0 atom stereocenters. The number of hydrogen-bond donors (Lipinski definition) is 0. The number of anilines is 4. The molecule has 3 heterocycles. The smallest absolute Gasteiger partial charge is 0.138 e. The van der Waals surface area contributed by atoms with Crippen LogP contribution in [0, 0.1) is 13.8 Å². The van der Waals surface area contributed by atoms with E-state index in [4.69, 9.17) is 9.72 Å². The maximum atomic E-state index is 7.14. The minimum atomic E-state index is -0.0389. The van der Waals surface area contributed by atoms with Crippen LogP contribution in [0.3, 0.4) is 0 Å². The quantitative estimate of drug-likeness (QED) is 0.129. The monoisotopic (exact) mass is 1020 g/mol. The third-order valence-electron chi connectivity index (χ3n) is 16.1. The van der Waals surface area contributed by atoms with E-state index in [-0.39, 0.29) is 10.8 Å². The Hall–Kier alpha value is -7.89. The van der Waals surface area contributed by atoms with Gasteiger partial charge in [-0.1, -0.05) is 174 Å². The molecule has 1 aliphatic rings. The Labute approximate surface area is 464 Å². The number of para-hydroxylation sites is 1. The van der Waals surface area contributed by atoms with Crippen LogP contribution in [-0.2, 0) is 10.8 Å². The minimum Gasteiger partial charge on any atom is -0.457 e. The highest BCUT2D eigenvalue weighted by molar-refractivity contribution is 6.09. The molecule has 0 fully saturated rings. The summed E-state index contributed by atoms with van der Waals surface area (Å²) in [6.07, 6.45) is 1.95. The van der Waals surface area contributed by atoms with E-state index in [1.165, 1.54) is 72.4 Å². The van der Waals surface area contributed by atoms with Crippen LogP contribution in [0.4, 0.5) is 22.7 Å². The van der Waals surface area contributed by atoms with Crippen LogP contribution in [0.5, 0.6) is 11.5 Å². The molecule has 78 heavy (non-hydrogen) atoms. The van der Waals surface area contributed by atoms with Crippen LogP contribution in [0.15, 0.2) is 176 Å². The predicted molar refractivity (Wildman–Crippen MR) is 333 cm³/mol. The molecule has 5 nitrogen and oxygen atoms in total. The first-order chi connectivity index (χ1) is 37.2. The van der Waals surface area contributed by atoms with Crippen molar-refractivity contribution in [3.05, 3.63) is 215 Å². The molecular formula is C73H76N4O. The number of benzene rings is 8. The summed E-state index contributed by atoms with van der Waals surface area (Å²) in [4.78, 5) is 10.0. The third-order valence-corrected chi connectivity index (χ3v) is 16.1. The van der Waals surface area contributed by atoms with Crippen molar-refractivity contribution in [1.82, 2.24) is 9.55 Å². The fourth-order valence-corrected chi connectivity index (χ4v) is 11.8. The first-order valence-electron chi connectivity index (χ1n) is 28.2. The molecule has 8 aromatic carbocycles. The molecular weight excluding hydrogens is 949 g/mol. The van der Waals surface area contributed by atoms with Gasteiger partial charge in [-0.25, -0.2) is 4.98 Å². The Morgan fingerprint density at radius 2 is 1.08 bits per heavy atom. The SMILES string of the molecule is Cc1cc(C(C)(C)C)cc(C)c1-c1ccnc(-n2c3ccccc3c3ccc(Oc4cc(-c5ccccc5)cc(N5CN(c6cccc(-c7c(C(C)C)cc(C(C)C)cc7C(C)C)c6)c6cc(C(C)(C)C)ccc65)c4)cc32)c1. The van der Waals surface area contributed by atoms with Gasteiger partial charge in [0, 0.05) is 40.5 Å². The van der Waals surface area contributed by atoms with Gasteiger partial charge in [0.05, 0.1) is 22.4 Å². The zero-order valence-electron chi connectivity index (χ0n) is 48.4. The van der Waals surface area contributed by atoms with Gasteiger partial charge in [-0.15, -0.1) is 0 Å². The van der Waals surface area contributed by atoms with Crippen molar-refractivity contribution in [1.29, 1.82) is 0 Å². The molecule has 0 unspecified atom stereocenters. The number of nitrogens with zero attached hydrogens (tertiary/aromatic N) is 4. The first kappa shape index (κ1) is 52.2. The van der Waals surface area contributed by atoms with Crippen molar-refractivity contribution < 1.29 is 4.74 Å². The van der Waals surface area contributed by atoms with Crippen LogP contribution in [0.2, 0.25) is 0 Å². The third kappa shape index (κ3) is 9.78. The molecule has 0 aliphatic carbocycles. The van der Waals surface area contributed by atoms with E-state index in [2.05, 4.69) is 281 Å². The Morgan fingerprint density at radius 3 is 1.76 bits per heavy atom. The maximum Gasteiger partial charge on any atom is 0.138 e. The Balaban J connectivity index is 1.01. The number of ether oxygens (including phenoxy) is 1. The van der Waals surface area contributed by atoms with E-state index in [9.17, 15) is 0 Å². The Morgan fingerprint density at radius 1 is 0.449 bits per heavy atom. The van der Waals surface area contributed by atoms with Crippen molar-refractivity contribution in [2.24, 2.45) is 0 Å². The van der Waals surface area contributed by atoms with Crippen LogP contribution in [0.25, 0.3) is 61.0 Å². The molecule has 0 spiro atoms. The van der Waals surface area contributed by atoms with Crippen LogP contribution in [0.1, 0.15) is 140 Å². The second-order valence-corrected chi connectivity index (χ2v) is 24.9. The lowest BCUT2D eigenvalue weighted by Crippen LogP contribution is -2.24. The second kappa shape index (κ2) is 20.2. The van der Waals surface area contributed by atoms with Gasteiger partial charge in [-0.3, -0.25) is 4.57 Å². The highest BCUT2D eigenvalue weighted by atomic mass is 16.5. The highest BCUT2D eigenvalue weighted by Crippen LogP contribution is 2.49. The lowest BCUT2D eigenvalue weighted by molar-refractivity contribution is 0.483. The molecule has 2 aromatic heterocycles. The van der Waals surface area contributed by atoms with Gasteiger partial charge < -0.3 is 14.5 Å². The molecule has 10 aromatic rings. The predicted octanol–water partition coefficient (Wildman–Crippen LogP) is 20.8. The zero-order chi connectivity index (χ0) is 54.9. The molecule has 11 rings (SSSR count). The summed E-state index contributed by atoms with van der Waals surface area (Å²) in [6.45, 7) is 32.8. The van der Waals surface area contributed by atoms with E-state index in [1.54, 1.807) is 0 Å². The van der Waals surface area contributed by atoms with Crippen LogP contribution >= 0.6 is 0 Å². The summed E-state index contributed by atoms with van der Waals surface area (Å²) < 4.78 is 9.43. The van der Waals surface area contributed by atoms with E-state index in [1.807, 2.05) is 6.20 Å². The summed E-state index contributed by atoms with van der Waals surface area (Å²) in [5, 5.41) is 2.32. The number of aryl methyl sites for hydroxylation is 2. The number of pyridine rings is 1. The molecule has 0 saturated carbocycles. The molecule has 0 amide bonds. The molecule has 0 radical (unpaired) electrons. The largest absolute Gasteiger partial charge is 0.457 e. The van der Waals surface area contributed by atoms with Gasteiger partial charge in [0.1, 0.15) is 24.0 Å². The van der Waals surface area contributed by atoms with Gasteiger partial charge in [-0.2, -0.15) is 0 Å². The van der Waals surface area contributed by atoms with Gasteiger partial charge in [0.15, 0.2) is 0 Å². The molecule has 1 aliphatic heterocycles. The Kier molecular flexibility index (Phi) is 13.5. The summed E-state index contributed by atoms with van der Waals surface area (Å²) in [5.41, 5.74) is 23.4. The molecule has 0 N–H and O–H groups in total. The van der Waals surface area contributed by atoms with E-state index < -0.39 is 0 Å². The zero-order valence-corrected chi connectivity index (χ0v) is 48.4. The summed E-state index contributed by atoms with van der Waals surface area (Å²) in [5.74, 6) is 3.59. The second-order valence-electron chi connectivity index (χ2n) is 24.9. The molecule has 394 valence electrons. The normalized spacial score (nSPS) is 13.0. The summed E-state index contributed by atoms with van der Waals surface area (Å²) >= 11 is 0. The van der Waals surface area contributed by atoms with Crippen molar-refractivity contribution in [2.45, 2.75) is 126 Å². The van der Waals surface area contributed by atoms with Crippen LogP contribution < -0.4 is 14.5 Å². The van der Waals surface area contributed by atoms with Crippen molar-refractivity contribution in [3.8, 4) is 50.7 Å². The van der Waals surface area contributed by atoms with Gasteiger partial charge in [0.25, 0.3) is 0 Å². The van der Waals surface area contributed by atoms with Crippen molar-refractivity contribution in [2.75, 3.05) is 16.5 Å². The van der Waals surface area contributed by atoms with Crippen molar-refractivity contribution in [3.63, 3.8) is 0 Å². The van der Waals surface area contributed by atoms with E-state index in [0.29, 0.717) is 24.4 Å². The molecule has 0 bridgehead atoms. The van der Waals surface area contributed by atoms with Gasteiger partial charge in [-0.05, 0) is 181 Å². The minimum absolute atomic E-state index is 0.0389.